The van der Waals surface area contributed by atoms with Crippen molar-refractivity contribution in [3.05, 3.63) is 0 Å². The molecule has 0 aromatic heterocycles. The van der Waals surface area contributed by atoms with Crippen molar-refractivity contribution in [3.63, 3.8) is 0 Å². The molecule has 0 aromatic rings. The van der Waals surface area contributed by atoms with E-state index in [-0.39, 0.29) is 18.6 Å². The lowest BCUT2D eigenvalue weighted by molar-refractivity contribution is -0.168. The van der Waals surface area contributed by atoms with Gasteiger partial charge in [-0.2, -0.15) is 0 Å². The molecule has 0 spiro atoms. The number of carbonyl (C=O) groups excluding carboxylic acids is 2. The molecule has 0 unspecified atom stereocenters. The fourth-order valence-corrected chi connectivity index (χ4v) is 3.44. The number of unbranched alkanes of at least 4 members (excludes halogenated alkanes) is 6. The highest BCUT2D eigenvalue weighted by atomic mass is 16.6. The van der Waals surface area contributed by atoms with Crippen LogP contribution in [-0.4, -0.2) is 25.2 Å². The molecular formula is C21H40O4. The van der Waals surface area contributed by atoms with Gasteiger partial charge in [-0.1, -0.05) is 72.1 Å². The zero-order valence-corrected chi connectivity index (χ0v) is 17.2. The van der Waals surface area contributed by atoms with Gasteiger partial charge < -0.3 is 9.47 Å². The molecule has 25 heavy (non-hydrogen) atoms. The number of carbonyl (C=O) groups is 2. The highest BCUT2D eigenvalue weighted by Crippen LogP contribution is 2.40. The van der Waals surface area contributed by atoms with Crippen molar-refractivity contribution in [2.45, 2.75) is 98.8 Å². The van der Waals surface area contributed by atoms with E-state index in [9.17, 15) is 9.59 Å². The first-order valence-corrected chi connectivity index (χ1v) is 10.3. The first-order valence-electron chi connectivity index (χ1n) is 10.3. The molecule has 0 aliphatic heterocycles. The van der Waals surface area contributed by atoms with Gasteiger partial charge in [0.25, 0.3) is 0 Å². The van der Waals surface area contributed by atoms with Crippen LogP contribution in [0.3, 0.4) is 0 Å². The van der Waals surface area contributed by atoms with Crippen molar-refractivity contribution in [2.24, 2.45) is 11.3 Å². The molecule has 0 aliphatic rings. The number of hydrogen-bond acceptors (Lipinski definition) is 4. The largest absolute Gasteiger partial charge is 0.465 e. The zero-order valence-electron chi connectivity index (χ0n) is 17.2. The Bertz CT molecular complexity index is 335. The van der Waals surface area contributed by atoms with Crippen LogP contribution in [0.5, 0.6) is 0 Å². The summed E-state index contributed by atoms with van der Waals surface area (Å²) in [6.07, 6.45) is 10.8. The number of hydrogen-bond donors (Lipinski definition) is 0. The molecule has 0 radical (unpaired) electrons. The summed E-state index contributed by atoms with van der Waals surface area (Å²) in [6, 6.07) is 0. The second-order valence-electron chi connectivity index (χ2n) is 7.21. The van der Waals surface area contributed by atoms with Gasteiger partial charge in [0, 0.05) is 0 Å². The van der Waals surface area contributed by atoms with Crippen LogP contribution in [0.1, 0.15) is 98.8 Å². The van der Waals surface area contributed by atoms with Gasteiger partial charge in [0.15, 0.2) is 5.92 Å². The van der Waals surface area contributed by atoms with E-state index in [1.165, 1.54) is 25.7 Å². The summed E-state index contributed by atoms with van der Waals surface area (Å²) < 4.78 is 10.5. The van der Waals surface area contributed by atoms with Crippen LogP contribution in [0, 0.1) is 11.3 Å². The minimum atomic E-state index is -0.810. The summed E-state index contributed by atoms with van der Waals surface area (Å²) in [7, 11) is 0. The average Bonchev–Trinajstić information content (AvgIpc) is 2.56. The van der Waals surface area contributed by atoms with Crippen molar-refractivity contribution in [1.29, 1.82) is 0 Å². The van der Waals surface area contributed by atoms with E-state index in [1.54, 1.807) is 13.8 Å². The van der Waals surface area contributed by atoms with E-state index in [0.717, 1.165) is 38.5 Å². The van der Waals surface area contributed by atoms with Gasteiger partial charge in [-0.25, -0.2) is 0 Å². The topological polar surface area (TPSA) is 52.6 Å². The molecule has 0 saturated heterocycles. The Morgan fingerprint density at radius 2 is 1.12 bits per heavy atom. The molecule has 0 bridgehead atoms. The van der Waals surface area contributed by atoms with E-state index >= 15 is 0 Å². The van der Waals surface area contributed by atoms with E-state index in [1.807, 2.05) is 0 Å². The van der Waals surface area contributed by atoms with E-state index < -0.39 is 17.9 Å². The van der Waals surface area contributed by atoms with Gasteiger partial charge >= 0.3 is 11.9 Å². The summed E-state index contributed by atoms with van der Waals surface area (Å²) >= 11 is 0. The Labute approximate surface area is 155 Å². The van der Waals surface area contributed by atoms with Gasteiger partial charge in [-0.15, -0.1) is 0 Å². The first kappa shape index (κ1) is 23.9. The van der Waals surface area contributed by atoms with Crippen LogP contribution in [0.25, 0.3) is 0 Å². The van der Waals surface area contributed by atoms with E-state index in [0.29, 0.717) is 0 Å². The molecular weight excluding hydrogens is 316 g/mol. The fourth-order valence-electron chi connectivity index (χ4n) is 3.44. The second kappa shape index (κ2) is 14.1. The minimum absolute atomic E-state index is 0.288. The standard InChI is InChI=1S/C21H40O4/c1-6-10-12-14-16-21(5,17-15-13-11-7-2)18(19(22)24-8-3)20(23)25-9-4/h18H,6-17H2,1-5H3. The normalized spacial score (nSPS) is 11.6. The van der Waals surface area contributed by atoms with Crippen LogP contribution in [0.4, 0.5) is 0 Å². The molecule has 0 rings (SSSR count). The Balaban J connectivity index is 5.24. The number of rotatable bonds is 15. The maximum Gasteiger partial charge on any atom is 0.320 e. The summed E-state index contributed by atoms with van der Waals surface area (Å²) in [5, 5.41) is 0. The molecule has 4 nitrogen and oxygen atoms in total. The summed E-state index contributed by atoms with van der Waals surface area (Å²) in [5.41, 5.74) is -0.389. The molecule has 0 aromatic carbocycles. The van der Waals surface area contributed by atoms with E-state index in [4.69, 9.17) is 9.47 Å². The third-order valence-electron chi connectivity index (χ3n) is 4.94. The van der Waals surface area contributed by atoms with Gasteiger partial charge in [-0.3, -0.25) is 9.59 Å². The van der Waals surface area contributed by atoms with Crippen molar-refractivity contribution < 1.29 is 19.1 Å². The molecule has 0 atom stereocenters. The van der Waals surface area contributed by atoms with Crippen LogP contribution in [0.2, 0.25) is 0 Å². The molecule has 4 heteroatoms. The molecule has 0 aliphatic carbocycles. The van der Waals surface area contributed by atoms with Gasteiger partial charge in [0.2, 0.25) is 0 Å². The highest BCUT2D eigenvalue weighted by Gasteiger charge is 2.45. The molecule has 0 fully saturated rings. The predicted molar refractivity (Wildman–Crippen MR) is 102 cm³/mol. The maximum absolute atomic E-state index is 12.6. The Kier molecular flexibility index (Phi) is 13.5. The van der Waals surface area contributed by atoms with Gasteiger partial charge in [0.05, 0.1) is 13.2 Å². The van der Waals surface area contributed by atoms with Crippen LogP contribution < -0.4 is 0 Å². The number of ether oxygens (including phenoxy) is 2. The minimum Gasteiger partial charge on any atom is -0.465 e. The third kappa shape index (κ3) is 9.27. The molecule has 0 N–H and O–H groups in total. The zero-order chi connectivity index (χ0) is 19.1. The average molecular weight is 357 g/mol. The Morgan fingerprint density at radius 3 is 1.44 bits per heavy atom. The predicted octanol–water partition coefficient (Wildman–Crippen LogP) is 5.68. The summed E-state index contributed by atoms with van der Waals surface area (Å²) in [4.78, 5) is 25.1. The smallest absolute Gasteiger partial charge is 0.320 e. The highest BCUT2D eigenvalue weighted by molar-refractivity contribution is 5.95. The van der Waals surface area contributed by atoms with Crippen molar-refractivity contribution in [1.82, 2.24) is 0 Å². The molecule has 148 valence electrons. The summed E-state index contributed by atoms with van der Waals surface area (Å²) in [6.45, 7) is 10.6. The Morgan fingerprint density at radius 1 is 0.720 bits per heavy atom. The lowest BCUT2D eigenvalue weighted by atomic mass is 9.69. The Hall–Kier alpha value is -1.06. The van der Waals surface area contributed by atoms with Crippen molar-refractivity contribution in [3.8, 4) is 0 Å². The molecule has 0 saturated carbocycles. The fraction of sp³-hybridized carbons (Fsp3) is 0.905. The first-order chi connectivity index (χ1) is 12.0. The third-order valence-corrected chi connectivity index (χ3v) is 4.94. The van der Waals surface area contributed by atoms with Crippen molar-refractivity contribution in [2.75, 3.05) is 13.2 Å². The van der Waals surface area contributed by atoms with Gasteiger partial charge in [0.1, 0.15) is 0 Å². The number of esters is 2. The van der Waals surface area contributed by atoms with Crippen LogP contribution in [0.15, 0.2) is 0 Å². The van der Waals surface area contributed by atoms with Crippen LogP contribution in [-0.2, 0) is 19.1 Å². The monoisotopic (exact) mass is 356 g/mol. The quantitative estimate of drug-likeness (QED) is 0.215. The van der Waals surface area contributed by atoms with E-state index in [2.05, 4.69) is 20.8 Å². The lowest BCUT2D eigenvalue weighted by Gasteiger charge is -2.35. The van der Waals surface area contributed by atoms with Crippen LogP contribution >= 0.6 is 0 Å². The van der Waals surface area contributed by atoms with Gasteiger partial charge in [-0.05, 0) is 32.1 Å². The molecule has 0 amide bonds. The second-order valence-corrected chi connectivity index (χ2v) is 7.21. The lowest BCUT2D eigenvalue weighted by Crippen LogP contribution is -2.41. The summed E-state index contributed by atoms with van der Waals surface area (Å²) in [5.74, 6) is -1.65. The maximum atomic E-state index is 12.6. The molecule has 0 heterocycles. The SMILES string of the molecule is CCCCCCC(C)(CCCCCC)C(C(=O)OCC)C(=O)OCC. The van der Waals surface area contributed by atoms with Crippen molar-refractivity contribution >= 4 is 11.9 Å².